The van der Waals surface area contributed by atoms with Gasteiger partial charge in [-0.25, -0.2) is 0 Å². The molecule has 0 bridgehead atoms. The van der Waals surface area contributed by atoms with E-state index in [2.05, 4.69) is 18.9 Å². The van der Waals surface area contributed by atoms with Crippen LogP contribution < -0.4 is 5.73 Å². The van der Waals surface area contributed by atoms with Crippen molar-refractivity contribution in [2.75, 3.05) is 13.6 Å². The molecule has 0 amide bonds. The lowest BCUT2D eigenvalue weighted by atomic mass is 9.90. The van der Waals surface area contributed by atoms with Crippen molar-refractivity contribution in [2.45, 2.75) is 76.8 Å². The van der Waals surface area contributed by atoms with Crippen molar-refractivity contribution in [3.8, 4) is 0 Å². The van der Waals surface area contributed by atoms with Gasteiger partial charge in [-0.2, -0.15) is 0 Å². The minimum atomic E-state index is 0.631. The SMILES string of the molecule is CCCCCCCC(CN)N(C)C1CCC1. The fourth-order valence-electron chi connectivity index (χ4n) is 2.56. The molecule has 96 valence electrons. The molecule has 2 nitrogen and oxygen atoms in total. The highest BCUT2D eigenvalue weighted by Crippen LogP contribution is 2.26. The highest BCUT2D eigenvalue weighted by Gasteiger charge is 2.26. The van der Waals surface area contributed by atoms with E-state index in [0.717, 1.165) is 12.6 Å². The molecule has 1 saturated carbocycles. The topological polar surface area (TPSA) is 29.3 Å². The molecule has 1 aliphatic carbocycles. The van der Waals surface area contributed by atoms with E-state index < -0.39 is 0 Å². The van der Waals surface area contributed by atoms with Crippen molar-refractivity contribution in [2.24, 2.45) is 5.73 Å². The van der Waals surface area contributed by atoms with Crippen LogP contribution in [-0.4, -0.2) is 30.6 Å². The van der Waals surface area contributed by atoms with E-state index in [0.29, 0.717) is 6.04 Å². The van der Waals surface area contributed by atoms with E-state index in [1.54, 1.807) is 0 Å². The summed E-state index contributed by atoms with van der Waals surface area (Å²) in [4.78, 5) is 2.54. The Kier molecular flexibility index (Phi) is 7.06. The van der Waals surface area contributed by atoms with Gasteiger partial charge in [0.15, 0.2) is 0 Å². The molecule has 1 atom stereocenters. The molecule has 0 aromatic carbocycles. The van der Waals surface area contributed by atoms with Crippen LogP contribution in [0.15, 0.2) is 0 Å². The van der Waals surface area contributed by atoms with Gasteiger partial charge in [-0.15, -0.1) is 0 Å². The van der Waals surface area contributed by atoms with Gasteiger partial charge in [-0.05, 0) is 26.3 Å². The third kappa shape index (κ3) is 4.42. The smallest absolute Gasteiger partial charge is 0.0218 e. The van der Waals surface area contributed by atoms with Crippen LogP contribution in [0.3, 0.4) is 0 Å². The molecule has 0 heterocycles. The Labute approximate surface area is 102 Å². The molecular weight excluding hydrogens is 196 g/mol. The lowest BCUT2D eigenvalue weighted by molar-refractivity contribution is 0.107. The van der Waals surface area contributed by atoms with Gasteiger partial charge >= 0.3 is 0 Å². The summed E-state index contributed by atoms with van der Waals surface area (Å²) in [5.74, 6) is 0. The molecule has 1 fully saturated rings. The summed E-state index contributed by atoms with van der Waals surface area (Å²) in [5.41, 5.74) is 5.89. The summed E-state index contributed by atoms with van der Waals surface area (Å²) in [6.45, 7) is 3.10. The summed E-state index contributed by atoms with van der Waals surface area (Å²) >= 11 is 0. The first-order chi connectivity index (χ1) is 7.79. The van der Waals surface area contributed by atoms with Crippen LogP contribution in [0, 0.1) is 0 Å². The Morgan fingerprint density at radius 3 is 2.38 bits per heavy atom. The van der Waals surface area contributed by atoms with Crippen molar-refractivity contribution in [3.63, 3.8) is 0 Å². The molecule has 1 rings (SSSR count). The van der Waals surface area contributed by atoms with Crippen molar-refractivity contribution in [1.82, 2.24) is 4.90 Å². The van der Waals surface area contributed by atoms with Crippen LogP contribution in [0.25, 0.3) is 0 Å². The lowest BCUT2D eigenvalue weighted by Gasteiger charge is -2.39. The summed E-state index contributed by atoms with van der Waals surface area (Å²) in [6.07, 6.45) is 12.4. The third-order valence-electron chi connectivity index (χ3n) is 4.14. The van der Waals surface area contributed by atoms with E-state index in [9.17, 15) is 0 Å². The Morgan fingerprint density at radius 2 is 1.88 bits per heavy atom. The molecule has 0 radical (unpaired) electrons. The van der Waals surface area contributed by atoms with E-state index in [-0.39, 0.29) is 0 Å². The highest BCUT2D eigenvalue weighted by atomic mass is 15.2. The molecule has 1 unspecified atom stereocenters. The van der Waals surface area contributed by atoms with Crippen molar-refractivity contribution in [1.29, 1.82) is 0 Å². The summed E-state index contributed by atoms with van der Waals surface area (Å²) in [6, 6.07) is 1.47. The second-order valence-corrected chi connectivity index (χ2v) is 5.34. The van der Waals surface area contributed by atoms with Crippen LogP contribution >= 0.6 is 0 Å². The molecule has 1 aliphatic rings. The van der Waals surface area contributed by atoms with Gasteiger partial charge in [-0.3, -0.25) is 4.90 Å². The summed E-state index contributed by atoms with van der Waals surface area (Å²) in [7, 11) is 2.27. The maximum absolute atomic E-state index is 5.89. The Hall–Kier alpha value is -0.0800. The number of nitrogens with two attached hydrogens (primary N) is 1. The van der Waals surface area contributed by atoms with Gasteiger partial charge in [0.25, 0.3) is 0 Å². The second-order valence-electron chi connectivity index (χ2n) is 5.34. The first-order valence-electron chi connectivity index (χ1n) is 7.21. The minimum absolute atomic E-state index is 0.631. The van der Waals surface area contributed by atoms with Crippen LogP contribution in [0.4, 0.5) is 0 Å². The Balaban J connectivity index is 2.10. The lowest BCUT2D eigenvalue weighted by Crippen LogP contribution is -2.47. The van der Waals surface area contributed by atoms with Gasteiger partial charge in [0, 0.05) is 18.6 Å². The number of rotatable bonds is 9. The van der Waals surface area contributed by atoms with E-state index in [1.807, 2.05) is 0 Å². The summed E-state index contributed by atoms with van der Waals surface area (Å²) in [5, 5.41) is 0. The van der Waals surface area contributed by atoms with E-state index in [4.69, 9.17) is 5.73 Å². The van der Waals surface area contributed by atoms with Gasteiger partial charge in [0.2, 0.25) is 0 Å². The average Bonchev–Trinajstić information content (AvgIpc) is 2.20. The van der Waals surface area contributed by atoms with Gasteiger partial charge in [0.1, 0.15) is 0 Å². The first kappa shape index (κ1) is 14.0. The highest BCUT2D eigenvalue weighted by molar-refractivity contribution is 4.83. The van der Waals surface area contributed by atoms with Crippen molar-refractivity contribution >= 4 is 0 Å². The van der Waals surface area contributed by atoms with Crippen molar-refractivity contribution < 1.29 is 0 Å². The number of hydrogen-bond donors (Lipinski definition) is 1. The Morgan fingerprint density at radius 1 is 1.19 bits per heavy atom. The number of likely N-dealkylation sites (N-methyl/N-ethyl adjacent to an activating group) is 1. The normalized spacial score (nSPS) is 18.8. The molecule has 2 heteroatoms. The zero-order valence-corrected chi connectivity index (χ0v) is 11.3. The quantitative estimate of drug-likeness (QED) is 0.612. The minimum Gasteiger partial charge on any atom is -0.329 e. The fraction of sp³-hybridized carbons (Fsp3) is 1.00. The number of nitrogens with zero attached hydrogens (tertiary/aromatic N) is 1. The number of hydrogen-bond acceptors (Lipinski definition) is 2. The maximum atomic E-state index is 5.89. The predicted octanol–water partition coefficient (Wildman–Crippen LogP) is 3.16. The van der Waals surface area contributed by atoms with Crippen LogP contribution in [0.1, 0.15) is 64.7 Å². The third-order valence-corrected chi connectivity index (χ3v) is 4.14. The fourth-order valence-corrected chi connectivity index (χ4v) is 2.56. The number of unbranched alkanes of at least 4 members (excludes halogenated alkanes) is 4. The van der Waals surface area contributed by atoms with Crippen LogP contribution in [0.2, 0.25) is 0 Å². The van der Waals surface area contributed by atoms with Gasteiger partial charge in [-0.1, -0.05) is 45.4 Å². The first-order valence-corrected chi connectivity index (χ1v) is 7.21. The largest absolute Gasteiger partial charge is 0.329 e. The monoisotopic (exact) mass is 226 g/mol. The molecule has 0 aromatic rings. The molecule has 0 aliphatic heterocycles. The van der Waals surface area contributed by atoms with Crippen LogP contribution in [0.5, 0.6) is 0 Å². The van der Waals surface area contributed by atoms with Gasteiger partial charge < -0.3 is 5.73 Å². The molecule has 0 saturated heterocycles. The molecule has 2 N–H and O–H groups in total. The van der Waals surface area contributed by atoms with Crippen LogP contribution in [-0.2, 0) is 0 Å². The molecule has 16 heavy (non-hydrogen) atoms. The zero-order chi connectivity index (χ0) is 11.8. The molecule has 0 spiro atoms. The average molecular weight is 226 g/mol. The zero-order valence-electron chi connectivity index (χ0n) is 11.3. The summed E-state index contributed by atoms with van der Waals surface area (Å²) < 4.78 is 0. The predicted molar refractivity (Wildman–Crippen MR) is 71.6 cm³/mol. The molecular formula is C14H30N2. The second kappa shape index (κ2) is 8.08. The van der Waals surface area contributed by atoms with E-state index in [1.165, 1.54) is 57.8 Å². The van der Waals surface area contributed by atoms with Gasteiger partial charge in [0.05, 0.1) is 0 Å². The molecule has 0 aromatic heterocycles. The maximum Gasteiger partial charge on any atom is 0.0218 e. The van der Waals surface area contributed by atoms with E-state index >= 15 is 0 Å². The standard InChI is InChI=1S/C14H30N2/c1-3-4-5-6-7-9-14(12-15)16(2)13-10-8-11-13/h13-14H,3-12,15H2,1-2H3. The van der Waals surface area contributed by atoms with Crippen molar-refractivity contribution in [3.05, 3.63) is 0 Å². The Bertz CT molecular complexity index is 166.